The molecule has 0 atom stereocenters. The highest BCUT2D eigenvalue weighted by molar-refractivity contribution is 5.96. The second-order valence-electron chi connectivity index (χ2n) is 4.44. The molecule has 1 rings (SSSR count). The van der Waals surface area contributed by atoms with Crippen LogP contribution in [0.3, 0.4) is 0 Å². The van der Waals surface area contributed by atoms with Gasteiger partial charge in [0.25, 0.3) is 5.91 Å². The molecule has 0 aliphatic carbocycles. The first-order valence-corrected chi connectivity index (χ1v) is 6.70. The molecule has 0 saturated heterocycles. The molecule has 0 fully saturated rings. The topological polar surface area (TPSA) is 46.3 Å². The standard InChI is InChI=1S/C16H22N2O/c1-4-14(5-2)18(3)16(19)15-11-7-6-9-13(15)10-8-12-17/h6-7,9,11,14H,4-5,12,17H2,1-3H3. The number of benzene rings is 1. The van der Waals surface area contributed by atoms with Crippen LogP contribution < -0.4 is 5.73 Å². The Morgan fingerprint density at radius 3 is 2.53 bits per heavy atom. The first-order chi connectivity index (χ1) is 9.15. The van der Waals surface area contributed by atoms with Gasteiger partial charge < -0.3 is 10.6 Å². The lowest BCUT2D eigenvalue weighted by Crippen LogP contribution is -2.36. The Kier molecular flexibility index (Phi) is 6.11. The van der Waals surface area contributed by atoms with E-state index in [0.717, 1.165) is 18.4 Å². The first kappa shape index (κ1) is 15.3. The van der Waals surface area contributed by atoms with E-state index in [0.29, 0.717) is 12.1 Å². The summed E-state index contributed by atoms with van der Waals surface area (Å²) in [5.41, 5.74) is 6.78. The fourth-order valence-corrected chi connectivity index (χ4v) is 2.12. The van der Waals surface area contributed by atoms with E-state index in [4.69, 9.17) is 5.73 Å². The number of carbonyl (C=O) groups is 1. The predicted molar refractivity (Wildman–Crippen MR) is 78.8 cm³/mol. The third kappa shape index (κ3) is 3.84. The van der Waals surface area contributed by atoms with Crippen LogP contribution in [0.15, 0.2) is 24.3 Å². The van der Waals surface area contributed by atoms with E-state index in [2.05, 4.69) is 25.7 Å². The SMILES string of the molecule is CCC(CC)N(C)C(=O)c1ccccc1C#CCN. The maximum absolute atomic E-state index is 12.5. The molecule has 3 nitrogen and oxygen atoms in total. The van der Waals surface area contributed by atoms with Crippen LogP contribution in [0.1, 0.15) is 42.6 Å². The van der Waals surface area contributed by atoms with Crippen molar-refractivity contribution in [2.75, 3.05) is 13.6 Å². The van der Waals surface area contributed by atoms with Gasteiger partial charge in [0.1, 0.15) is 0 Å². The fourth-order valence-electron chi connectivity index (χ4n) is 2.12. The summed E-state index contributed by atoms with van der Waals surface area (Å²) in [7, 11) is 1.85. The maximum Gasteiger partial charge on any atom is 0.255 e. The molecule has 1 aromatic rings. The van der Waals surface area contributed by atoms with Gasteiger partial charge in [-0.1, -0.05) is 37.8 Å². The molecule has 0 saturated carbocycles. The summed E-state index contributed by atoms with van der Waals surface area (Å²) >= 11 is 0. The Labute approximate surface area is 115 Å². The zero-order valence-electron chi connectivity index (χ0n) is 11.9. The van der Waals surface area contributed by atoms with Crippen molar-refractivity contribution in [3.8, 4) is 11.8 Å². The van der Waals surface area contributed by atoms with E-state index in [9.17, 15) is 4.79 Å². The van der Waals surface area contributed by atoms with Crippen molar-refractivity contribution in [1.82, 2.24) is 4.90 Å². The number of amides is 1. The molecule has 0 spiro atoms. The second-order valence-corrected chi connectivity index (χ2v) is 4.44. The monoisotopic (exact) mass is 258 g/mol. The molecule has 1 aromatic carbocycles. The summed E-state index contributed by atoms with van der Waals surface area (Å²) in [5, 5.41) is 0. The molecule has 0 aromatic heterocycles. The van der Waals surface area contributed by atoms with E-state index in [-0.39, 0.29) is 11.9 Å². The minimum atomic E-state index is 0.0237. The minimum Gasteiger partial charge on any atom is -0.339 e. The van der Waals surface area contributed by atoms with Crippen LogP contribution in [-0.4, -0.2) is 30.4 Å². The minimum absolute atomic E-state index is 0.0237. The van der Waals surface area contributed by atoms with Crippen molar-refractivity contribution in [3.63, 3.8) is 0 Å². The van der Waals surface area contributed by atoms with Crippen molar-refractivity contribution in [2.24, 2.45) is 5.73 Å². The quantitative estimate of drug-likeness (QED) is 0.842. The lowest BCUT2D eigenvalue weighted by atomic mass is 10.0. The number of rotatable bonds is 4. The molecule has 0 bridgehead atoms. The van der Waals surface area contributed by atoms with Crippen LogP contribution in [0.4, 0.5) is 0 Å². The average molecular weight is 258 g/mol. The zero-order chi connectivity index (χ0) is 14.3. The van der Waals surface area contributed by atoms with E-state index >= 15 is 0 Å². The summed E-state index contributed by atoms with van der Waals surface area (Å²) in [6.07, 6.45) is 1.91. The van der Waals surface area contributed by atoms with Crippen LogP contribution in [-0.2, 0) is 0 Å². The molecule has 2 N–H and O–H groups in total. The van der Waals surface area contributed by atoms with Crippen LogP contribution >= 0.6 is 0 Å². The molecule has 0 heterocycles. The maximum atomic E-state index is 12.5. The van der Waals surface area contributed by atoms with Crippen molar-refractivity contribution < 1.29 is 4.79 Å². The van der Waals surface area contributed by atoms with Crippen LogP contribution in [0.5, 0.6) is 0 Å². The van der Waals surface area contributed by atoms with Gasteiger partial charge in [-0.15, -0.1) is 0 Å². The number of nitrogens with zero attached hydrogens (tertiary/aromatic N) is 1. The van der Waals surface area contributed by atoms with Gasteiger partial charge in [0.2, 0.25) is 0 Å². The highest BCUT2D eigenvalue weighted by Crippen LogP contribution is 2.14. The average Bonchev–Trinajstić information content (AvgIpc) is 2.45. The van der Waals surface area contributed by atoms with E-state index in [1.165, 1.54) is 0 Å². The number of hydrogen-bond acceptors (Lipinski definition) is 2. The molecular formula is C16H22N2O. The van der Waals surface area contributed by atoms with Crippen LogP contribution in [0, 0.1) is 11.8 Å². The zero-order valence-corrected chi connectivity index (χ0v) is 11.9. The largest absolute Gasteiger partial charge is 0.339 e. The van der Waals surface area contributed by atoms with E-state index in [1.807, 2.05) is 36.2 Å². The molecular weight excluding hydrogens is 236 g/mol. The Morgan fingerprint density at radius 2 is 1.95 bits per heavy atom. The Hall–Kier alpha value is -1.79. The van der Waals surface area contributed by atoms with Gasteiger partial charge in [-0.25, -0.2) is 0 Å². The highest BCUT2D eigenvalue weighted by Gasteiger charge is 2.19. The van der Waals surface area contributed by atoms with E-state index in [1.54, 1.807) is 0 Å². The number of hydrogen-bond donors (Lipinski definition) is 1. The number of carbonyl (C=O) groups excluding carboxylic acids is 1. The van der Waals surface area contributed by atoms with Gasteiger partial charge in [0.05, 0.1) is 12.1 Å². The van der Waals surface area contributed by atoms with Gasteiger partial charge in [-0.2, -0.15) is 0 Å². The van der Waals surface area contributed by atoms with Crippen molar-refractivity contribution in [1.29, 1.82) is 0 Å². The predicted octanol–water partition coefficient (Wildman–Crippen LogP) is 2.26. The molecule has 0 aliphatic heterocycles. The normalized spacial score (nSPS) is 9.95. The van der Waals surface area contributed by atoms with Crippen molar-refractivity contribution in [3.05, 3.63) is 35.4 Å². The van der Waals surface area contributed by atoms with E-state index < -0.39 is 0 Å². The molecule has 0 radical (unpaired) electrons. The molecule has 102 valence electrons. The summed E-state index contributed by atoms with van der Waals surface area (Å²) < 4.78 is 0. The number of nitrogens with two attached hydrogens (primary N) is 1. The smallest absolute Gasteiger partial charge is 0.255 e. The van der Waals surface area contributed by atoms with Crippen LogP contribution in [0.2, 0.25) is 0 Å². The van der Waals surface area contributed by atoms with Gasteiger partial charge in [0.15, 0.2) is 0 Å². The molecule has 19 heavy (non-hydrogen) atoms. The molecule has 3 heteroatoms. The van der Waals surface area contributed by atoms with Gasteiger partial charge >= 0.3 is 0 Å². The molecule has 0 unspecified atom stereocenters. The van der Waals surface area contributed by atoms with Crippen molar-refractivity contribution >= 4 is 5.91 Å². The third-order valence-electron chi connectivity index (χ3n) is 3.29. The highest BCUT2D eigenvalue weighted by atomic mass is 16.2. The second kappa shape index (κ2) is 7.60. The lowest BCUT2D eigenvalue weighted by molar-refractivity contribution is 0.0723. The van der Waals surface area contributed by atoms with Gasteiger partial charge in [0, 0.05) is 18.7 Å². The summed E-state index contributed by atoms with van der Waals surface area (Å²) in [6.45, 7) is 4.49. The van der Waals surface area contributed by atoms with Crippen molar-refractivity contribution in [2.45, 2.75) is 32.7 Å². The third-order valence-corrected chi connectivity index (χ3v) is 3.29. The van der Waals surface area contributed by atoms with Gasteiger partial charge in [-0.05, 0) is 25.0 Å². The Morgan fingerprint density at radius 1 is 1.32 bits per heavy atom. The van der Waals surface area contributed by atoms with Gasteiger partial charge in [-0.3, -0.25) is 4.79 Å². The van der Waals surface area contributed by atoms with Crippen LogP contribution in [0.25, 0.3) is 0 Å². The Balaban J connectivity index is 3.05. The first-order valence-electron chi connectivity index (χ1n) is 6.70. The summed E-state index contributed by atoms with van der Waals surface area (Å²) in [6, 6.07) is 7.69. The Bertz CT molecular complexity index is 481. The molecule has 1 amide bonds. The fraction of sp³-hybridized carbons (Fsp3) is 0.438. The summed E-state index contributed by atoms with van der Waals surface area (Å²) in [5.74, 6) is 5.79. The lowest BCUT2D eigenvalue weighted by Gasteiger charge is -2.26. The molecule has 0 aliphatic rings. The summed E-state index contributed by atoms with van der Waals surface area (Å²) in [4.78, 5) is 14.3.